The Morgan fingerprint density at radius 2 is 1.92 bits per heavy atom. The van der Waals surface area contributed by atoms with Crippen molar-refractivity contribution < 1.29 is 19.2 Å². The molecule has 186 valence electrons. The normalized spacial score (nSPS) is 18.6. The number of hydrogen-bond donors (Lipinski definition) is 1. The van der Waals surface area contributed by atoms with Crippen LogP contribution in [0.25, 0.3) is 0 Å². The Morgan fingerprint density at radius 1 is 1.08 bits per heavy atom. The van der Waals surface area contributed by atoms with E-state index in [2.05, 4.69) is 20.1 Å². The highest BCUT2D eigenvalue weighted by Gasteiger charge is 2.42. The Bertz CT molecular complexity index is 1280. The number of hydrogen-bond acceptors (Lipinski definition) is 8. The van der Waals surface area contributed by atoms with Crippen LogP contribution < -0.4 is 24.6 Å². The molecule has 1 N–H and O–H groups in total. The third-order valence-corrected chi connectivity index (χ3v) is 6.87. The number of pyridine rings is 1. The lowest BCUT2D eigenvalue weighted by molar-refractivity contribution is -0.384. The van der Waals surface area contributed by atoms with Crippen molar-refractivity contribution in [2.45, 2.75) is 12.5 Å². The van der Waals surface area contributed by atoms with Crippen LogP contribution >= 0.6 is 0 Å². The fourth-order valence-electron chi connectivity index (χ4n) is 5.12. The Morgan fingerprint density at radius 3 is 2.64 bits per heavy atom. The number of nitrogens with one attached hydrogen (secondary N) is 1. The molecule has 2 aliphatic heterocycles. The van der Waals surface area contributed by atoms with Gasteiger partial charge in [0.05, 0.1) is 31.1 Å². The fourth-order valence-corrected chi connectivity index (χ4v) is 5.12. The Kier molecular flexibility index (Phi) is 6.32. The van der Waals surface area contributed by atoms with Gasteiger partial charge in [0, 0.05) is 55.4 Å². The molecule has 2 unspecified atom stereocenters. The van der Waals surface area contributed by atoms with Gasteiger partial charge >= 0.3 is 0 Å². The van der Waals surface area contributed by atoms with E-state index in [1.54, 1.807) is 50.7 Å². The van der Waals surface area contributed by atoms with Gasteiger partial charge in [-0.05, 0) is 42.3 Å². The standard InChI is InChI=1S/C26H27N5O5/c1-35-23-9-6-18(15-24(23)36-2)28-26(32)20-14-17-13-19(31(33)34)7-8-21(17)30-12-11-29(16-22(20)30)25-5-3-4-10-27-25/h3-10,13,15,20,22H,11-12,14,16H2,1-2H3,(H,28,32). The summed E-state index contributed by atoms with van der Waals surface area (Å²) in [6.07, 6.45) is 2.16. The van der Waals surface area contributed by atoms with E-state index < -0.39 is 10.8 Å². The molecule has 0 saturated carbocycles. The van der Waals surface area contributed by atoms with Crippen molar-refractivity contribution in [2.24, 2.45) is 5.92 Å². The Balaban J connectivity index is 1.47. The SMILES string of the molecule is COc1ccc(NC(=O)C2Cc3cc([N+](=O)[O-])ccc3N3CCN(c4ccccn4)CC23)cc1OC. The van der Waals surface area contributed by atoms with Gasteiger partial charge in [-0.1, -0.05) is 6.07 Å². The lowest BCUT2D eigenvalue weighted by atomic mass is 9.83. The van der Waals surface area contributed by atoms with Crippen molar-refractivity contribution in [1.29, 1.82) is 0 Å². The second-order valence-corrected chi connectivity index (χ2v) is 8.83. The van der Waals surface area contributed by atoms with Gasteiger partial charge in [0.1, 0.15) is 5.82 Å². The predicted molar refractivity (Wildman–Crippen MR) is 136 cm³/mol. The van der Waals surface area contributed by atoms with Crippen LogP contribution in [0.4, 0.5) is 22.9 Å². The maximum Gasteiger partial charge on any atom is 0.269 e. The monoisotopic (exact) mass is 489 g/mol. The number of carbonyl (C=O) groups excluding carboxylic acids is 1. The van der Waals surface area contributed by atoms with E-state index in [4.69, 9.17) is 9.47 Å². The van der Waals surface area contributed by atoms with E-state index in [0.717, 1.165) is 23.6 Å². The molecule has 1 amide bonds. The van der Waals surface area contributed by atoms with Gasteiger partial charge in [0.25, 0.3) is 5.69 Å². The molecule has 10 nitrogen and oxygen atoms in total. The number of nitro benzene ring substituents is 1. The molecule has 1 saturated heterocycles. The number of piperazine rings is 1. The van der Waals surface area contributed by atoms with E-state index in [-0.39, 0.29) is 17.6 Å². The van der Waals surface area contributed by atoms with Crippen molar-refractivity contribution in [3.8, 4) is 11.5 Å². The van der Waals surface area contributed by atoms with Crippen molar-refractivity contribution in [3.05, 3.63) is 76.5 Å². The van der Waals surface area contributed by atoms with Gasteiger partial charge in [-0.25, -0.2) is 4.98 Å². The highest BCUT2D eigenvalue weighted by Crippen LogP contribution is 2.39. The first-order valence-electron chi connectivity index (χ1n) is 11.7. The topological polar surface area (TPSA) is 110 Å². The lowest BCUT2D eigenvalue weighted by Gasteiger charge is -2.49. The number of non-ortho nitro benzene ring substituents is 1. The summed E-state index contributed by atoms with van der Waals surface area (Å²) in [4.78, 5) is 33.6. The maximum absolute atomic E-state index is 13.7. The Hall–Kier alpha value is -4.34. The average Bonchev–Trinajstić information content (AvgIpc) is 2.92. The molecule has 0 aliphatic carbocycles. The first-order chi connectivity index (χ1) is 17.5. The zero-order valence-electron chi connectivity index (χ0n) is 20.1. The molecule has 5 rings (SSSR count). The van der Waals surface area contributed by atoms with E-state index in [1.807, 2.05) is 18.2 Å². The molecule has 10 heteroatoms. The summed E-state index contributed by atoms with van der Waals surface area (Å²) in [5.41, 5.74) is 2.37. The van der Waals surface area contributed by atoms with E-state index in [9.17, 15) is 14.9 Å². The van der Waals surface area contributed by atoms with Crippen molar-refractivity contribution in [3.63, 3.8) is 0 Å². The van der Waals surface area contributed by atoms with Crippen LogP contribution in [0.3, 0.4) is 0 Å². The first kappa shape index (κ1) is 23.4. The van der Waals surface area contributed by atoms with Gasteiger partial charge in [-0.3, -0.25) is 14.9 Å². The molecular weight excluding hydrogens is 462 g/mol. The molecule has 0 radical (unpaired) electrons. The molecule has 2 aliphatic rings. The summed E-state index contributed by atoms with van der Waals surface area (Å²) in [5.74, 6) is 1.36. The summed E-state index contributed by atoms with van der Waals surface area (Å²) in [7, 11) is 3.10. The fraction of sp³-hybridized carbons (Fsp3) is 0.308. The number of rotatable bonds is 6. The maximum atomic E-state index is 13.7. The van der Waals surface area contributed by atoms with Gasteiger partial charge in [-0.2, -0.15) is 0 Å². The molecule has 0 spiro atoms. The van der Waals surface area contributed by atoms with Gasteiger partial charge in [0.15, 0.2) is 11.5 Å². The number of aromatic nitrogens is 1. The molecular formula is C26H27N5O5. The van der Waals surface area contributed by atoms with Crippen molar-refractivity contribution >= 4 is 28.8 Å². The van der Waals surface area contributed by atoms with E-state index in [0.29, 0.717) is 36.7 Å². The predicted octanol–water partition coefficient (Wildman–Crippen LogP) is 3.51. The molecule has 3 aromatic rings. The van der Waals surface area contributed by atoms with Crippen LogP contribution in [0.5, 0.6) is 11.5 Å². The lowest BCUT2D eigenvalue weighted by Crippen LogP contribution is -2.60. The van der Waals surface area contributed by atoms with Crippen LogP contribution in [-0.4, -0.2) is 55.7 Å². The van der Waals surface area contributed by atoms with E-state index in [1.165, 1.54) is 6.07 Å². The van der Waals surface area contributed by atoms with Crippen molar-refractivity contribution in [1.82, 2.24) is 4.98 Å². The smallest absolute Gasteiger partial charge is 0.269 e. The van der Waals surface area contributed by atoms with Crippen LogP contribution in [0.1, 0.15) is 5.56 Å². The van der Waals surface area contributed by atoms with Gasteiger partial charge in [-0.15, -0.1) is 0 Å². The average molecular weight is 490 g/mol. The zero-order valence-corrected chi connectivity index (χ0v) is 20.1. The van der Waals surface area contributed by atoms with E-state index >= 15 is 0 Å². The second-order valence-electron chi connectivity index (χ2n) is 8.83. The minimum absolute atomic E-state index is 0.0263. The summed E-state index contributed by atoms with van der Waals surface area (Å²) >= 11 is 0. The number of anilines is 3. The summed E-state index contributed by atoms with van der Waals surface area (Å²) in [5, 5.41) is 14.4. The molecule has 1 fully saturated rings. The third kappa shape index (κ3) is 4.37. The van der Waals surface area contributed by atoms with Crippen LogP contribution in [0, 0.1) is 16.0 Å². The minimum Gasteiger partial charge on any atom is -0.493 e. The molecule has 1 aromatic heterocycles. The number of ether oxygens (including phenoxy) is 2. The highest BCUT2D eigenvalue weighted by molar-refractivity contribution is 5.94. The molecule has 0 bridgehead atoms. The quantitative estimate of drug-likeness (QED) is 0.414. The number of benzene rings is 2. The zero-order chi connectivity index (χ0) is 25.2. The number of carbonyl (C=O) groups is 1. The first-order valence-corrected chi connectivity index (χ1v) is 11.7. The van der Waals surface area contributed by atoms with Crippen LogP contribution in [-0.2, 0) is 11.2 Å². The van der Waals surface area contributed by atoms with Crippen molar-refractivity contribution in [2.75, 3.05) is 49.0 Å². The number of methoxy groups -OCH3 is 2. The number of nitrogens with zero attached hydrogens (tertiary/aromatic N) is 4. The van der Waals surface area contributed by atoms with Gasteiger partial charge < -0.3 is 24.6 Å². The van der Waals surface area contributed by atoms with Crippen LogP contribution in [0.15, 0.2) is 60.8 Å². The molecule has 3 heterocycles. The van der Waals surface area contributed by atoms with Crippen LogP contribution in [0.2, 0.25) is 0 Å². The number of amides is 1. The molecule has 36 heavy (non-hydrogen) atoms. The summed E-state index contributed by atoms with van der Waals surface area (Å²) in [6, 6.07) is 15.8. The second kappa shape index (κ2) is 9.73. The number of fused-ring (bicyclic) bond motifs is 3. The summed E-state index contributed by atoms with van der Waals surface area (Å²) < 4.78 is 10.7. The van der Waals surface area contributed by atoms with Gasteiger partial charge in [0.2, 0.25) is 5.91 Å². The minimum atomic E-state index is -0.431. The molecule has 2 atom stereocenters. The highest BCUT2D eigenvalue weighted by atomic mass is 16.6. The number of nitro groups is 1. The third-order valence-electron chi connectivity index (χ3n) is 6.87. The summed E-state index contributed by atoms with van der Waals surface area (Å²) in [6.45, 7) is 2.01. The molecule has 2 aromatic carbocycles. The largest absolute Gasteiger partial charge is 0.493 e. The Labute approximate surface area is 208 Å².